The molecule has 0 saturated heterocycles. The molecule has 96 valence electrons. The third-order valence-corrected chi connectivity index (χ3v) is 2.80. The van der Waals surface area contributed by atoms with Crippen LogP contribution >= 0.6 is 15.9 Å². The number of non-ortho nitro benzene ring substituents is 1. The van der Waals surface area contributed by atoms with Crippen molar-refractivity contribution in [1.29, 1.82) is 0 Å². The van der Waals surface area contributed by atoms with Crippen molar-refractivity contribution in [2.75, 3.05) is 12.4 Å². The first-order valence-electron chi connectivity index (χ1n) is 4.91. The Hall–Kier alpha value is -1.89. The smallest absolute Gasteiger partial charge is 0.334 e. The van der Waals surface area contributed by atoms with E-state index in [1.165, 1.54) is 25.4 Å². The van der Waals surface area contributed by atoms with Crippen LogP contribution in [0.5, 0.6) is 0 Å². The third-order valence-electron chi connectivity index (χ3n) is 2.11. The van der Waals surface area contributed by atoms with E-state index >= 15 is 0 Å². The fourth-order valence-corrected chi connectivity index (χ4v) is 1.50. The second-order valence-corrected chi connectivity index (χ2v) is 4.24. The molecule has 1 aromatic rings. The van der Waals surface area contributed by atoms with E-state index in [4.69, 9.17) is 0 Å². The molecule has 7 heteroatoms. The number of esters is 1. The summed E-state index contributed by atoms with van der Waals surface area (Å²) in [6.45, 7) is 1.57. The fourth-order valence-electron chi connectivity index (χ4n) is 1.14. The molecule has 0 amide bonds. The lowest BCUT2D eigenvalue weighted by atomic mass is 10.2. The van der Waals surface area contributed by atoms with E-state index in [-0.39, 0.29) is 5.69 Å². The predicted octanol–water partition coefficient (Wildman–Crippen LogP) is 2.85. The van der Waals surface area contributed by atoms with Crippen molar-refractivity contribution >= 4 is 33.3 Å². The highest BCUT2D eigenvalue weighted by atomic mass is 79.9. The molecule has 0 aliphatic heterocycles. The first-order chi connectivity index (χ1) is 8.45. The normalized spacial score (nSPS) is 10.9. The van der Waals surface area contributed by atoms with Gasteiger partial charge in [-0.3, -0.25) is 10.1 Å². The van der Waals surface area contributed by atoms with Crippen molar-refractivity contribution in [3.63, 3.8) is 0 Å². The van der Waals surface area contributed by atoms with Crippen LogP contribution in [0.2, 0.25) is 0 Å². The summed E-state index contributed by atoms with van der Waals surface area (Å²) >= 11 is 3.25. The molecule has 0 saturated carbocycles. The number of hydrogen-bond donors (Lipinski definition) is 1. The number of carbonyl (C=O) groups excluding carboxylic acids is 1. The van der Waals surface area contributed by atoms with Crippen molar-refractivity contribution < 1.29 is 14.5 Å². The first kappa shape index (κ1) is 14.2. The maximum Gasteiger partial charge on any atom is 0.334 e. The number of rotatable bonds is 4. The van der Waals surface area contributed by atoms with Gasteiger partial charge in [-0.05, 0) is 28.9 Å². The summed E-state index contributed by atoms with van der Waals surface area (Å²) in [6.07, 6.45) is 1.43. The quantitative estimate of drug-likeness (QED) is 0.400. The van der Waals surface area contributed by atoms with E-state index < -0.39 is 10.9 Å². The van der Waals surface area contributed by atoms with E-state index in [1.54, 1.807) is 13.0 Å². The van der Waals surface area contributed by atoms with Gasteiger partial charge in [0.25, 0.3) is 5.69 Å². The van der Waals surface area contributed by atoms with Crippen LogP contribution in [-0.2, 0) is 9.53 Å². The van der Waals surface area contributed by atoms with Gasteiger partial charge in [-0.25, -0.2) is 4.79 Å². The van der Waals surface area contributed by atoms with Gasteiger partial charge in [0.05, 0.1) is 23.3 Å². The summed E-state index contributed by atoms with van der Waals surface area (Å²) in [4.78, 5) is 21.3. The number of nitro benzene ring substituents is 1. The predicted molar refractivity (Wildman–Crippen MR) is 70.2 cm³/mol. The molecule has 0 heterocycles. The Morgan fingerprint density at radius 3 is 2.78 bits per heavy atom. The van der Waals surface area contributed by atoms with Crippen LogP contribution in [-0.4, -0.2) is 18.0 Å². The van der Waals surface area contributed by atoms with Gasteiger partial charge < -0.3 is 10.1 Å². The van der Waals surface area contributed by atoms with Crippen molar-refractivity contribution in [3.8, 4) is 0 Å². The van der Waals surface area contributed by atoms with E-state index in [9.17, 15) is 14.9 Å². The minimum atomic E-state index is -0.492. The van der Waals surface area contributed by atoms with Crippen LogP contribution in [0, 0.1) is 10.1 Å². The average molecular weight is 315 g/mol. The van der Waals surface area contributed by atoms with Crippen molar-refractivity contribution in [2.45, 2.75) is 6.92 Å². The molecule has 1 N–H and O–H groups in total. The van der Waals surface area contributed by atoms with Crippen molar-refractivity contribution in [2.24, 2.45) is 0 Å². The number of nitrogens with zero attached hydrogens (tertiary/aromatic N) is 1. The molecule has 0 atom stereocenters. The number of halogens is 1. The summed E-state index contributed by atoms with van der Waals surface area (Å²) in [5, 5.41) is 13.4. The Balaban J connectivity index is 2.94. The first-order valence-corrected chi connectivity index (χ1v) is 5.70. The Kier molecular flexibility index (Phi) is 4.85. The number of methoxy groups -OCH3 is 1. The van der Waals surface area contributed by atoms with Gasteiger partial charge in [0.15, 0.2) is 0 Å². The summed E-state index contributed by atoms with van der Waals surface area (Å²) in [5.74, 6) is -0.468. The molecular weight excluding hydrogens is 304 g/mol. The molecule has 0 aliphatic carbocycles. The number of carbonyl (C=O) groups is 1. The van der Waals surface area contributed by atoms with E-state index in [2.05, 4.69) is 26.0 Å². The van der Waals surface area contributed by atoms with Crippen LogP contribution < -0.4 is 5.32 Å². The Bertz CT molecular complexity index is 514. The molecule has 0 spiro atoms. The van der Waals surface area contributed by atoms with E-state index in [1.807, 2.05) is 0 Å². The lowest BCUT2D eigenvalue weighted by Crippen LogP contribution is -2.04. The molecule has 0 aromatic heterocycles. The second kappa shape index (κ2) is 6.15. The zero-order valence-corrected chi connectivity index (χ0v) is 11.4. The number of ether oxygens (including phenoxy) is 1. The summed E-state index contributed by atoms with van der Waals surface area (Å²) in [5.41, 5.74) is 0.813. The minimum absolute atomic E-state index is 0.0372. The highest BCUT2D eigenvalue weighted by Gasteiger charge is 2.09. The molecule has 18 heavy (non-hydrogen) atoms. The van der Waals surface area contributed by atoms with Gasteiger partial charge >= 0.3 is 5.97 Å². The zero-order valence-electron chi connectivity index (χ0n) is 9.77. The molecule has 6 nitrogen and oxygen atoms in total. The highest BCUT2D eigenvalue weighted by molar-refractivity contribution is 9.10. The lowest BCUT2D eigenvalue weighted by molar-refractivity contribution is -0.384. The topological polar surface area (TPSA) is 81.5 Å². The van der Waals surface area contributed by atoms with Crippen molar-refractivity contribution in [1.82, 2.24) is 0 Å². The monoisotopic (exact) mass is 314 g/mol. The number of nitro groups is 1. The van der Waals surface area contributed by atoms with Crippen LogP contribution in [0.15, 0.2) is 34.4 Å². The Labute approximate surface area is 112 Å². The number of hydrogen-bond acceptors (Lipinski definition) is 5. The molecule has 0 radical (unpaired) electrons. The molecular formula is C11H11BrN2O4. The van der Waals surface area contributed by atoms with Gasteiger partial charge in [0.2, 0.25) is 0 Å². The average Bonchev–Trinajstić information content (AvgIpc) is 2.36. The number of anilines is 1. The van der Waals surface area contributed by atoms with Crippen LogP contribution in [0.3, 0.4) is 0 Å². The fraction of sp³-hybridized carbons (Fsp3) is 0.182. The maximum atomic E-state index is 11.1. The zero-order chi connectivity index (χ0) is 13.7. The molecule has 0 bridgehead atoms. The van der Waals surface area contributed by atoms with E-state index in [0.29, 0.717) is 15.7 Å². The minimum Gasteiger partial charge on any atom is -0.466 e. The van der Waals surface area contributed by atoms with Crippen LogP contribution in [0.4, 0.5) is 11.4 Å². The van der Waals surface area contributed by atoms with Gasteiger partial charge in [-0.15, -0.1) is 0 Å². The van der Waals surface area contributed by atoms with Crippen molar-refractivity contribution in [3.05, 3.63) is 44.6 Å². The Morgan fingerprint density at radius 1 is 1.56 bits per heavy atom. The third kappa shape index (κ3) is 3.56. The van der Waals surface area contributed by atoms with Gasteiger partial charge in [0, 0.05) is 22.8 Å². The van der Waals surface area contributed by atoms with Gasteiger partial charge in [-0.1, -0.05) is 0 Å². The summed E-state index contributed by atoms with van der Waals surface area (Å²) in [6, 6.07) is 4.30. The maximum absolute atomic E-state index is 11.1. The largest absolute Gasteiger partial charge is 0.466 e. The number of nitrogens with one attached hydrogen (secondary N) is 1. The summed E-state index contributed by atoms with van der Waals surface area (Å²) < 4.78 is 5.18. The molecule has 1 aromatic carbocycles. The molecule has 0 fully saturated rings. The SMILES string of the molecule is COC(=O)C(C)=CNc1cc([N+](=O)[O-])ccc1Br. The van der Waals surface area contributed by atoms with E-state index in [0.717, 1.165) is 0 Å². The van der Waals surface area contributed by atoms with Crippen LogP contribution in [0.1, 0.15) is 6.92 Å². The molecule has 1 rings (SSSR count). The lowest BCUT2D eigenvalue weighted by Gasteiger charge is -2.05. The number of benzene rings is 1. The Morgan fingerprint density at radius 2 is 2.22 bits per heavy atom. The highest BCUT2D eigenvalue weighted by Crippen LogP contribution is 2.27. The second-order valence-electron chi connectivity index (χ2n) is 3.38. The standard InChI is InChI=1S/C11H11BrN2O4/c1-7(11(15)18-2)6-13-10-5-8(14(16)17)3-4-9(10)12/h3-6,13H,1-2H3. The van der Waals surface area contributed by atoms with Gasteiger partial charge in [-0.2, -0.15) is 0 Å². The van der Waals surface area contributed by atoms with Gasteiger partial charge in [0.1, 0.15) is 0 Å². The molecule has 0 aliphatic rings. The molecule has 0 unspecified atom stereocenters. The summed E-state index contributed by atoms with van der Waals surface area (Å²) in [7, 11) is 1.28. The van der Waals surface area contributed by atoms with Crippen LogP contribution in [0.25, 0.3) is 0 Å².